The monoisotopic (exact) mass is 378 g/mol. The van der Waals surface area contributed by atoms with E-state index in [1.807, 2.05) is 36.4 Å². The third kappa shape index (κ3) is 5.47. The van der Waals surface area contributed by atoms with Gasteiger partial charge < -0.3 is 19.4 Å². The molecule has 146 valence electrons. The first-order valence-corrected chi connectivity index (χ1v) is 9.29. The van der Waals surface area contributed by atoms with Crippen LogP contribution in [-0.4, -0.2) is 31.5 Å². The lowest BCUT2D eigenvalue weighted by Gasteiger charge is -2.12. The molecule has 0 saturated carbocycles. The van der Waals surface area contributed by atoms with Crippen molar-refractivity contribution < 1.29 is 13.9 Å². The van der Waals surface area contributed by atoms with E-state index in [9.17, 15) is 4.79 Å². The molecule has 3 aromatic rings. The van der Waals surface area contributed by atoms with E-state index < -0.39 is 0 Å². The van der Waals surface area contributed by atoms with E-state index in [-0.39, 0.29) is 12.5 Å². The van der Waals surface area contributed by atoms with E-state index in [1.165, 1.54) is 10.5 Å². The Morgan fingerprint density at radius 3 is 2.57 bits per heavy atom. The number of hydrogen-bond donors (Lipinski definition) is 1. The number of benzene rings is 2. The van der Waals surface area contributed by atoms with Gasteiger partial charge >= 0.3 is 0 Å². The minimum absolute atomic E-state index is 0.0397. The number of likely N-dealkylation sites (N-methyl/N-ethyl adjacent to an activating group) is 1. The molecule has 0 radical (unpaired) electrons. The van der Waals surface area contributed by atoms with Gasteiger partial charge in [-0.15, -0.1) is 0 Å². The second-order valence-electron chi connectivity index (χ2n) is 6.96. The number of hydrogen-bond acceptors (Lipinski definition) is 4. The van der Waals surface area contributed by atoms with Crippen LogP contribution in [0, 0.1) is 6.92 Å². The topological polar surface area (TPSA) is 54.7 Å². The van der Waals surface area contributed by atoms with Gasteiger partial charge in [-0.3, -0.25) is 4.79 Å². The summed E-state index contributed by atoms with van der Waals surface area (Å²) in [6.07, 6.45) is 0. The molecule has 0 aliphatic heterocycles. The minimum atomic E-state index is -0.0641. The maximum Gasteiger partial charge on any atom is 0.259 e. The zero-order chi connectivity index (χ0) is 19.9. The second-order valence-corrected chi connectivity index (χ2v) is 6.96. The number of amides is 1. The van der Waals surface area contributed by atoms with E-state index in [1.54, 1.807) is 14.1 Å². The van der Waals surface area contributed by atoms with Crippen LogP contribution in [0.25, 0.3) is 11.3 Å². The fourth-order valence-corrected chi connectivity index (χ4v) is 2.70. The van der Waals surface area contributed by atoms with Crippen molar-refractivity contribution in [2.45, 2.75) is 20.0 Å². The Bertz CT molecular complexity index is 914. The molecule has 1 amide bonds. The molecule has 5 nitrogen and oxygen atoms in total. The van der Waals surface area contributed by atoms with Gasteiger partial charge in [-0.2, -0.15) is 0 Å². The number of carbonyl (C=O) groups is 1. The average Bonchev–Trinajstić information content (AvgIpc) is 3.16. The molecular weight excluding hydrogens is 352 g/mol. The lowest BCUT2D eigenvalue weighted by Crippen LogP contribution is -2.27. The van der Waals surface area contributed by atoms with Crippen LogP contribution >= 0.6 is 0 Å². The fraction of sp³-hybridized carbons (Fsp3) is 0.261. The standard InChI is InChI=1S/C23H26N2O3/c1-17-7-9-19(10-8-17)22-12-11-21(28-22)15-24-14-18-5-4-6-20(13-18)27-16-23(26)25(2)3/h4-13,24H,14-16H2,1-3H3. The summed E-state index contributed by atoms with van der Waals surface area (Å²) in [6, 6.07) is 20.0. The Hall–Kier alpha value is -3.05. The van der Waals surface area contributed by atoms with E-state index in [2.05, 4.69) is 36.5 Å². The first-order chi connectivity index (χ1) is 13.5. The SMILES string of the molecule is Cc1ccc(-c2ccc(CNCc3cccc(OCC(=O)N(C)C)c3)o2)cc1. The highest BCUT2D eigenvalue weighted by Gasteiger charge is 2.06. The summed E-state index contributed by atoms with van der Waals surface area (Å²) in [5, 5.41) is 3.38. The molecule has 0 spiro atoms. The molecule has 0 unspecified atom stereocenters. The van der Waals surface area contributed by atoms with Crippen LogP contribution < -0.4 is 10.1 Å². The van der Waals surface area contributed by atoms with Crippen molar-refractivity contribution in [2.75, 3.05) is 20.7 Å². The quantitative estimate of drug-likeness (QED) is 0.643. The van der Waals surface area contributed by atoms with E-state index in [4.69, 9.17) is 9.15 Å². The smallest absolute Gasteiger partial charge is 0.259 e. The maximum absolute atomic E-state index is 11.6. The van der Waals surface area contributed by atoms with Crippen LogP contribution in [0.3, 0.4) is 0 Å². The van der Waals surface area contributed by atoms with E-state index >= 15 is 0 Å². The Kier molecular flexibility index (Phi) is 6.50. The summed E-state index contributed by atoms with van der Waals surface area (Å²) >= 11 is 0. The first kappa shape index (κ1) is 19.7. The predicted molar refractivity (Wildman–Crippen MR) is 110 cm³/mol. The molecule has 5 heteroatoms. The van der Waals surface area contributed by atoms with Gasteiger partial charge in [0.05, 0.1) is 6.54 Å². The summed E-state index contributed by atoms with van der Waals surface area (Å²) in [5.74, 6) is 2.39. The molecule has 0 bridgehead atoms. The van der Waals surface area contributed by atoms with Crippen molar-refractivity contribution in [3.8, 4) is 17.1 Å². The number of ether oxygens (including phenoxy) is 1. The van der Waals surface area contributed by atoms with Gasteiger partial charge in [-0.25, -0.2) is 0 Å². The molecule has 1 aromatic heterocycles. The number of rotatable bonds is 8. The lowest BCUT2D eigenvalue weighted by atomic mass is 10.1. The van der Waals surface area contributed by atoms with Crippen molar-refractivity contribution in [2.24, 2.45) is 0 Å². The molecule has 0 atom stereocenters. The van der Waals surface area contributed by atoms with Crippen molar-refractivity contribution >= 4 is 5.91 Å². The molecule has 0 aliphatic rings. The van der Waals surface area contributed by atoms with Crippen LogP contribution in [0.15, 0.2) is 65.1 Å². The third-order valence-electron chi connectivity index (χ3n) is 4.39. The molecular formula is C23H26N2O3. The van der Waals surface area contributed by atoms with Gasteiger partial charge in [-0.1, -0.05) is 42.0 Å². The Balaban J connectivity index is 1.50. The van der Waals surface area contributed by atoms with Gasteiger partial charge in [0.2, 0.25) is 0 Å². The summed E-state index contributed by atoms with van der Waals surface area (Å²) < 4.78 is 11.5. The number of furan rings is 1. The fourth-order valence-electron chi connectivity index (χ4n) is 2.70. The highest BCUT2D eigenvalue weighted by molar-refractivity contribution is 5.77. The summed E-state index contributed by atoms with van der Waals surface area (Å²) in [7, 11) is 3.43. The zero-order valence-electron chi connectivity index (χ0n) is 16.6. The van der Waals surface area contributed by atoms with Crippen molar-refractivity contribution in [1.82, 2.24) is 10.2 Å². The Morgan fingerprint density at radius 2 is 1.82 bits per heavy atom. The first-order valence-electron chi connectivity index (χ1n) is 9.29. The molecule has 1 heterocycles. The van der Waals surface area contributed by atoms with Gasteiger partial charge in [0.25, 0.3) is 5.91 Å². The molecule has 2 aromatic carbocycles. The zero-order valence-corrected chi connectivity index (χ0v) is 16.6. The summed E-state index contributed by atoms with van der Waals surface area (Å²) in [6.45, 7) is 3.43. The van der Waals surface area contributed by atoms with Gasteiger partial charge in [0, 0.05) is 26.2 Å². The number of aryl methyl sites for hydroxylation is 1. The Labute approximate surface area is 165 Å². The summed E-state index contributed by atoms with van der Waals surface area (Å²) in [4.78, 5) is 13.1. The number of carbonyl (C=O) groups excluding carboxylic acids is 1. The highest BCUT2D eigenvalue weighted by atomic mass is 16.5. The number of nitrogens with zero attached hydrogens (tertiary/aromatic N) is 1. The average molecular weight is 378 g/mol. The van der Waals surface area contributed by atoms with Crippen molar-refractivity contribution in [1.29, 1.82) is 0 Å². The van der Waals surface area contributed by atoms with Gasteiger partial charge in [-0.05, 0) is 36.8 Å². The lowest BCUT2D eigenvalue weighted by molar-refractivity contribution is -0.130. The maximum atomic E-state index is 11.6. The second kappa shape index (κ2) is 9.24. The largest absolute Gasteiger partial charge is 0.484 e. The molecule has 3 rings (SSSR count). The molecule has 0 saturated heterocycles. The van der Waals surface area contributed by atoms with Crippen molar-refractivity contribution in [3.63, 3.8) is 0 Å². The predicted octanol–water partition coefficient (Wildman–Crippen LogP) is 4.01. The molecule has 1 N–H and O–H groups in total. The van der Waals surface area contributed by atoms with Gasteiger partial charge in [0.1, 0.15) is 17.3 Å². The van der Waals surface area contributed by atoms with Gasteiger partial charge in [0.15, 0.2) is 6.61 Å². The normalized spacial score (nSPS) is 10.7. The van der Waals surface area contributed by atoms with E-state index in [0.717, 1.165) is 22.6 Å². The highest BCUT2D eigenvalue weighted by Crippen LogP contribution is 2.22. The summed E-state index contributed by atoms with van der Waals surface area (Å²) in [5.41, 5.74) is 3.39. The molecule has 0 aliphatic carbocycles. The van der Waals surface area contributed by atoms with Crippen LogP contribution in [0.5, 0.6) is 5.75 Å². The van der Waals surface area contributed by atoms with E-state index in [0.29, 0.717) is 18.8 Å². The van der Waals surface area contributed by atoms with Crippen LogP contribution in [-0.2, 0) is 17.9 Å². The molecule has 28 heavy (non-hydrogen) atoms. The number of nitrogens with one attached hydrogen (secondary N) is 1. The third-order valence-corrected chi connectivity index (χ3v) is 4.39. The van der Waals surface area contributed by atoms with Crippen LogP contribution in [0.1, 0.15) is 16.9 Å². The van der Waals surface area contributed by atoms with Crippen LogP contribution in [0.2, 0.25) is 0 Å². The Morgan fingerprint density at radius 1 is 1.04 bits per heavy atom. The minimum Gasteiger partial charge on any atom is -0.484 e. The van der Waals surface area contributed by atoms with Crippen LogP contribution in [0.4, 0.5) is 0 Å². The van der Waals surface area contributed by atoms with Crippen molar-refractivity contribution in [3.05, 3.63) is 77.6 Å². The molecule has 0 fully saturated rings.